The maximum Gasteiger partial charge on any atom is 0.127 e. The first-order valence-corrected chi connectivity index (χ1v) is 8.08. The average Bonchev–Trinajstić information content (AvgIpc) is 2.94. The summed E-state index contributed by atoms with van der Waals surface area (Å²) >= 11 is 1.78. The van der Waals surface area contributed by atoms with E-state index in [2.05, 4.69) is 36.7 Å². The van der Waals surface area contributed by atoms with Crippen LogP contribution in [0.4, 0.5) is 0 Å². The molecule has 0 aliphatic carbocycles. The fourth-order valence-electron chi connectivity index (χ4n) is 2.43. The highest BCUT2D eigenvalue weighted by Crippen LogP contribution is 2.35. The fourth-order valence-corrected chi connectivity index (χ4v) is 3.17. The van der Waals surface area contributed by atoms with Gasteiger partial charge in [0.15, 0.2) is 0 Å². The number of thiophene rings is 1. The number of aryl methyl sites for hydroxylation is 1. The molecule has 1 heterocycles. The Bertz CT molecular complexity index is 580. The van der Waals surface area contributed by atoms with Gasteiger partial charge in [-0.25, -0.2) is 0 Å². The van der Waals surface area contributed by atoms with E-state index in [-0.39, 0.29) is 6.04 Å². The molecule has 0 spiro atoms. The minimum Gasteiger partial charge on any atom is -0.497 e. The summed E-state index contributed by atoms with van der Waals surface area (Å²) in [5, 5.41) is 5.77. The van der Waals surface area contributed by atoms with Crippen molar-refractivity contribution in [2.45, 2.75) is 26.3 Å². The smallest absolute Gasteiger partial charge is 0.127 e. The molecular formula is C17H23NO2S. The lowest BCUT2D eigenvalue weighted by molar-refractivity contribution is 0.387. The minimum atomic E-state index is 0.150. The van der Waals surface area contributed by atoms with Gasteiger partial charge in [0.1, 0.15) is 11.5 Å². The standard InChI is InChI=1S/C17H23NO2S/c1-5-9-18-17(14-8-10-21-12(14)2)15-7-6-13(19-3)11-16(15)20-4/h6-8,10-11,17-18H,5,9H2,1-4H3. The Kier molecular flexibility index (Phi) is 5.65. The molecule has 2 rings (SSSR count). The predicted molar refractivity (Wildman–Crippen MR) is 88.7 cm³/mol. The Morgan fingerprint density at radius 2 is 1.95 bits per heavy atom. The van der Waals surface area contributed by atoms with Crippen LogP contribution >= 0.6 is 11.3 Å². The number of rotatable bonds is 7. The molecule has 3 nitrogen and oxygen atoms in total. The van der Waals surface area contributed by atoms with Gasteiger partial charge in [0.05, 0.1) is 20.3 Å². The fraction of sp³-hybridized carbons (Fsp3) is 0.412. The van der Waals surface area contributed by atoms with Gasteiger partial charge >= 0.3 is 0 Å². The molecule has 0 saturated heterocycles. The van der Waals surface area contributed by atoms with E-state index in [0.717, 1.165) is 30.0 Å². The highest BCUT2D eigenvalue weighted by atomic mass is 32.1. The van der Waals surface area contributed by atoms with Crippen LogP contribution in [0.25, 0.3) is 0 Å². The Balaban J connectivity index is 2.43. The second kappa shape index (κ2) is 7.48. The van der Waals surface area contributed by atoms with Crippen LogP contribution in [0.15, 0.2) is 29.6 Å². The number of nitrogens with one attached hydrogen (secondary N) is 1. The molecule has 0 amide bonds. The van der Waals surface area contributed by atoms with Gasteiger partial charge < -0.3 is 14.8 Å². The molecule has 1 aromatic carbocycles. The van der Waals surface area contributed by atoms with E-state index in [1.165, 1.54) is 10.4 Å². The van der Waals surface area contributed by atoms with Gasteiger partial charge in [0.25, 0.3) is 0 Å². The number of hydrogen-bond acceptors (Lipinski definition) is 4. The zero-order valence-electron chi connectivity index (χ0n) is 13.1. The van der Waals surface area contributed by atoms with Crippen LogP contribution in [0.3, 0.4) is 0 Å². The summed E-state index contributed by atoms with van der Waals surface area (Å²) < 4.78 is 10.9. The quantitative estimate of drug-likeness (QED) is 0.833. The van der Waals surface area contributed by atoms with Crippen LogP contribution in [-0.4, -0.2) is 20.8 Å². The van der Waals surface area contributed by atoms with Gasteiger partial charge in [-0.1, -0.05) is 6.92 Å². The molecule has 0 bridgehead atoms. The van der Waals surface area contributed by atoms with Gasteiger partial charge in [0.2, 0.25) is 0 Å². The number of ether oxygens (including phenoxy) is 2. The Hall–Kier alpha value is -1.52. The molecule has 21 heavy (non-hydrogen) atoms. The first kappa shape index (κ1) is 15.9. The largest absolute Gasteiger partial charge is 0.497 e. The van der Waals surface area contributed by atoms with Crippen molar-refractivity contribution in [1.82, 2.24) is 5.32 Å². The molecule has 1 aromatic heterocycles. The summed E-state index contributed by atoms with van der Waals surface area (Å²) in [6.07, 6.45) is 1.10. The molecular weight excluding hydrogens is 282 g/mol. The van der Waals surface area contributed by atoms with E-state index in [4.69, 9.17) is 9.47 Å². The second-order valence-electron chi connectivity index (χ2n) is 4.93. The summed E-state index contributed by atoms with van der Waals surface area (Å²) in [6.45, 7) is 5.31. The lowest BCUT2D eigenvalue weighted by Gasteiger charge is -2.22. The summed E-state index contributed by atoms with van der Waals surface area (Å²) in [5.74, 6) is 1.67. The van der Waals surface area contributed by atoms with Crippen molar-refractivity contribution in [1.29, 1.82) is 0 Å². The van der Waals surface area contributed by atoms with Crippen molar-refractivity contribution in [3.05, 3.63) is 45.6 Å². The molecule has 114 valence electrons. The summed E-state index contributed by atoms with van der Waals surface area (Å²) in [7, 11) is 3.37. The summed E-state index contributed by atoms with van der Waals surface area (Å²) in [6, 6.07) is 8.36. The van der Waals surface area contributed by atoms with Gasteiger partial charge in [-0.15, -0.1) is 11.3 Å². The zero-order valence-corrected chi connectivity index (χ0v) is 13.9. The van der Waals surface area contributed by atoms with Crippen LogP contribution in [0.1, 0.15) is 35.4 Å². The maximum absolute atomic E-state index is 5.57. The van der Waals surface area contributed by atoms with Crippen LogP contribution < -0.4 is 14.8 Å². The lowest BCUT2D eigenvalue weighted by Crippen LogP contribution is -2.23. The third-order valence-electron chi connectivity index (χ3n) is 3.56. The highest BCUT2D eigenvalue weighted by molar-refractivity contribution is 7.10. The molecule has 0 aliphatic rings. The van der Waals surface area contributed by atoms with E-state index in [1.807, 2.05) is 12.1 Å². The van der Waals surface area contributed by atoms with E-state index in [9.17, 15) is 0 Å². The lowest BCUT2D eigenvalue weighted by atomic mass is 9.98. The molecule has 4 heteroatoms. The van der Waals surface area contributed by atoms with Crippen LogP contribution in [0, 0.1) is 6.92 Å². The zero-order chi connectivity index (χ0) is 15.2. The Labute approximate surface area is 130 Å². The van der Waals surface area contributed by atoms with Crippen molar-refractivity contribution in [2.24, 2.45) is 0 Å². The van der Waals surface area contributed by atoms with Crippen LogP contribution in [0.2, 0.25) is 0 Å². The summed E-state index contributed by atoms with van der Waals surface area (Å²) in [4.78, 5) is 1.33. The first-order valence-electron chi connectivity index (χ1n) is 7.20. The van der Waals surface area contributed by atoms with Crippen molar-refractivity contribution < 1.29 is 9.47 Å². The topological polar surface area (TPSA) is 30.5 Å². The molecule has 2 aromatic rings. The van der Waals surface area contributed by atoms with E-state index >= 15 is 0 Å². The monoisotopic (exact) mass is 305 g/mol. The molecule has 0 radical (unpaired) electrons. The molecule has 1 atom stereocenters. The van der Waals surface area contributed by atoms with Gasteiger partial charge in [0, 0.05) is 16.5 Å². The minimum absolute atomic E-state index is 0.150. The van der Waals surface area contributed by atoms with Gasteiger partial charge in [-0.05, 0) is 49.0 Å². The van der Waals surface area contributed by atoms with Crippen molar-refractivity contribution in [3.8, 4) is 11.5 Å². The summed E-state index contributed by atoms with van der Waals surface area (Å²) in [5.41, 5.74) is 2.46. The molecule has 0 aliphatic heterocycles. The predicted octanol–water partition coefficient (Wildman–Crippen LogP) is 4.16. The SMILES string of the molecule is CCCNC(c1ccc(OC)cc1OC)c1ccsc1C. The first-order chi connectivity index (χ1) is 10.2. The molecule has 1 N–H and O–H groups in total. The van der Waals surface area contributed by atoms with E-state index in [1.54, 1.807) is 25.6 Å². The number of benzene rings is 1. The molecule has 0 saturated carbocycles. The normalized spacial score (nSPS) is 12.2. The third-order valence-corrected chi connectivity index (χ3v) is 4.42. The highest BCUT2D eigenvalue weighted by Gasteiger charge is 2.20. The van der Waals surface area contributed by atoms with Crippen LogP contribution in [0.5, 0.6) is 11.5 Å². The van der Waals surface area contributed by atoms with E-state index < -0.39 is 0 Å². The Morgan fingerprint density at radius 3 is 2.52 bits per heavy atom. The number of hydrogen-bond donors (Lipinski definition) is 1. The molecule has 0 fully saturated rings. The second-order valence-corrected chi connectivity index (χ2v) is 6.05. The van der Waals surface area contributed by atoms with Crippen LogP contribution in [-0.2, 0) is 0 Å². The Morgan fingerprint density at radius 1 is 1.14 bits per heavy atom. The van der Waals surface area contributed by atoms with Crippen molar-refractivity contribution in [2.75, 3.05) is 20.8 Å². The van der Waals surface area contributed by atoms with Crippen molar-refractivity contribution in [3.63, 3.8) is 0 Å². The maximum atomic E-state index is 5.57. The third kappa shape index (κ3) is 3.57. The number of methoxy groups -OCH3 is 2. The van der Waals surface area contributed by atoms with Gasteiger partial charge in [-0.2, -0.15) is 0 Å². The van der Waals surface area contributed by atoms with Crippen molar-refractivity contribution >= 4 is 11.3 Å². The van der Waals surface area contributed by atoms with E-state index in [0.29, 0.717) is 0 Å². The molecule has 1 unspecified atom stereocenters. The average molecular weight is 305 g/mol. The van der Waals surface area contributed by atoms with Gasteiger partial charge in [-0.3, -0.25) is 0 Å².